The standard InChI is InChI=1S/C23H23ClN4O3/c1-16-25-22(31-26-16)20-10-11-27(21(29)15-17-6-5-9-19(24)14-17)12-13-28(20)23(30)18-7-3-2-4-8-18/h2-9,14,20H,10-13,15H2,1H3. The number of nitrogens with zero attached hydrogens (tertiary/aromatic N) is 4. The van der Waals surface area contributed by atoms with E-state index in [1.54, 1.807) is 41.0 Å². The van der Waals surface area contributed by atoms with E-state index in [1.165, 1.54) is 0 Å². The van der Waals surface area contributed by atoms with Gasteiger partial charge in [0.15, 0.2) is 5.82 Å². The van der Waals surface area contributed by atoms with E-state index in [1.807, 2.05) is 30.3 Å². The molecule has 0 aliphatic carbocycles. The number of rotatable bonds is 4. The minimum absolute atomic E-state index is 0.00302. The monoisotopic (exact) mass is 438 g/mol. The van der Waals surface area contributed by atoms with Crippen LogP contribution in [0.2, 0.25) is 5.02 Å². The topological polar surface area (TPSA) is 79.5 Å². The minimum Gasteiger partial charge on any atom is -0.341 e. The first-order chi connectivity index (χ1) is 15.0. The molecule has 8 heteroatoms. The largest absolute Gasteiger partial charge is 0.341 e. The molecule has 0 spiro atoms. The molecule has 31 heavy (non-hydrogen) atoms. The lowest BCUT2D eigenvalue weighted by atomic mass is 10.1. The van der Waals surface area contributed by atoms with E-state index in [0.29, 0.717) is 48.4 Å². The number of carbonyl (C=O) groups excluding carboxylic acids is 2. The lowest BCUT2D eigenvalue weighted by molar-refractivity contribution is -0.130. The maximum Gasteiger partial charge on any atom is 0.254 e. The molecule has 0 N–H and O–H groups in total. The van der Waals surface area contributed by atoms with Crippen LogP contribution < -0.4 is 0 Å². The van der Waals surface area contributed by atoms with Gasteiger partial charge in [-0.3, -0.25) is 9.59 Å². The highest BCUT2D eigenvalue weighted by molar-refractivity contribution is 6.30. The fourth-order valence-electron chi connectivity index (χ4n) is 3.81. The molecular weight excluding hydrogens is 416 g/mol. The average Bonchev–Trinajstić information content (AvgIpc) is 3.07. The predicted octanol–water partition coefficient (Wildman–Crippen LogP) is 3.69. The van der Waals surface area contributed by atoms with Gasteiger partial charge in [-0.2, -0.15) is 4.98 Å². The van der Waals surface area contributed by atoms with Crippen LogP contribution in [-0.4, -0.2) is 51.4 Å². The van der Waals surface area contributed by atoms with Crippen molar-refractivity contribution in [3.8, 4) is 0 Å². The van der Waals surface area contributed by atoms with Crippen molar-refractivity contribution in [2.45, 2.75) is 25.8 Å². The van der Waals surface area contributed by atoms with Crippen LogP contribution in [-0.2, 0) is 11.2 Å². The van der Waals surface area contributed by atoms with Crippen LogP contribution in [0.15, 0.2) is 59.1 Å². The van der Waals surface area contributed by atoms with Gasteiger partial charge in [-0.15, -0.1) is 0 Å². The average molecular weight is 439 g/mol. The Kier molecular flexibility index (Phi) is 6.32. The van der Waals surface area contributed by atoms with Gasteiger partial charge in [0.25, 0.3) is 5.91 Å². The van der Waals surface area contributed by atoms with Crippen LogP contribution in [0.5, 0.6) is 0 Å². The van der Waals surface area contributed by atoms with E-state index in [0.717, 1.165) is 5.56 Å². The third-order valence-electron chi connectivity index (χ3n) is 5.37. The van der Waals surface area contributed by atoms with E-state index in [2.05, 4.69) is 10.1 Å². The molecule has 1 aliphatic rings. The number of hydrogen-bond donors (Lipinski definition) is 0. The van der Waals surface area contributed by atoms with E-state index in [-0.39, 0.29) is 18.2 Å². The Labute approximate surface area is 185 Å². The lowest BCUT2D eigenvalue weighted by Gasteiger charge is -2.27. The third-order valence-corrected chi connectivity index (χ3v) is 5.60. The summed E-state index contributed by atoms with van der Waals surface area (Å²) < 4.78 is 5.41. The molecule has 160 valence electrons. The smallest absolute Gasteiger partial charge is 0.254 e. The highest BCUT2D eigenvalue weighted by atomic mass is 35.5. The maximum atomic E-state index is 13.3. The summed E-state index contributed by atoms with van der Waals surface area (Å²) in [6, 6.07) is 16.0. The molecule has 1 unspecified atom stereocenters. The molecular formula is C23H23ClN4O3. The Bertz CT molecular complexity index is 1070. The van der Waals surface area contributed by atoms with Gasteiger partial charge in [-0.25, -0.2) is 0 Å². The molecule has 2 aromatic carbocycles. The molecule has 4 rings (SSSR count). The van der Waals surface area contributed by atoms with Gasteiger partial charge in [0, 0.05) is 30.2 Å². The highest BCUT2D eigenvalue weighted by Crippen LogP contribution is 2.28. The Morgan fingerprint density at radius 1 is 1.10 bits per heavy atom. The second-order valence-electron chi connectivity index (χ2n) is 7.54. The van der Waals surface area contributed by atoms with Gasteiger partial charge < -0.3 is 14.3 Å². The van der Waals surface area contributed by atoms with Crippen molar-refractivity contribution in [3.63, 3.8) is 0 Å². The number of aromatic nitrogens is 2. The van der Waals surface area contributed by atoms with E-state index < -0.39 is 6.04 Å². The van der Waals surface area contributed by atoms with Gasteiger partial charge >= 0.3 is 0 Å². The molecule has 1 aromatic heterocycles. The molecule has 0 bridgehead atoms. The van der Waals surface area contributed by atoms with Crippen LogP contribution in [0.3, 0.4) is 0 Å². The summed E-state index contributed by atoms with van der Waals surface area (Å²) >= 11 is 6.05. The van der Waals surface area contributed by atoms with Gasteiger partial charge in [0.05, 0.1) is 6.42 Å². The van der Waals surface area contributed by atoms with Crippen molar-refractivity contribution in [1.29, 1.82) is 0 Å². The zero-order valence-electron chi connectivity index (χ0n) is 17.2. The quantitative estimate of drug-likeness (QED) is 0.620. The Morgan fingerprint density at radius 3 is 2.61 bits per heavy atom. The van der Waals surface area contributed by atoms with E-state index >= 15 is 0 Å². The van der Waals surface area contributed by atoms with Crippen LogP contribution in [0.25, 0.3) is 0 Å². The van der Waals surface area contributed by atoms with Crippen molar-refractivity contribution in [1.82, 2.24) is 19.9 Å². The first kappa shape index (κ1) is 21.1. The number of amides is 2. The summed E-state index contributed by atoms with van der Waals surface area (Å²) in [5.41, 5.74) is 1.45. The van der Waals surface area contributed by atoms with Crippen molar-refractivity contribution in [2.75, 3.05) is 19.6 Å². The van der Waals surface area contributed by atoms with E-state index in [9.17, 15) is 9.59 Å². The number of aryl methyl sites for hydroxylation is 1. The Morgan fingerprint density at radius 2 is 1.90 bits per heavy atom. The maximum absolute atomic E-state index is 13.3. The number of halogens is 1. The SMILES string of the molecule is Cc1noc(C2CCN(C(=O)Cc3cccc(Cl)c3)CCN2C(=O)c2ccccc2)n1. The zero-order valence-corrected chi connectivity index (χ0v) is 18.0. The molecule has 1 aliphatic heterocycles. The molecule has 2 amide bonds. The fourth-order valence-corrected chi connectivity index (χ4v) is 4.02. The number of benzene rings is 2. The van der Waals surface area contributed by atoms with Gasteiger partial charge in [0.1, 0.15) is 6.04 Å². The molecule has 1 atom stereocenters. The second kappa shape index (κ2) is 9.31. The first-order valence-electron chi connectivity index (χ1n) is 10.2. The highest BCUT2D eigenvalue weighted by Gasteiger charge is 2.34. The summed E-state index contributed by atoms with van der Waals surface area (Å²) in [5, 5.41) is 4.49. The van der Waals surface area contributed by atoms with Crippen LogP contribution >= 0.6 is 11.6 Å². The fraction of sp³-hybridized carbons (Fsp3) is 0.304. The summed E-state index contributed by atoms with van der Waals surface area (Å²) in [6.07, 6.45) is 0.777. The Hall–Kier alpha value is -3.19. The summed E-state index contributed by atoms with van der Waals surface area (Å²) in [7, 11) is 0. The van der Waals surface area contributed by atoms with Crippen molar-refractivity contribution in [2.24, 2.45) is 0 Å². The van der Waals surface area contributed by atoms with E-state index in [4.69, 9.17) is 16.1 Å². The molecule has 2 heterocycles. The molecule has 0 radical (unpaired) electrons. The predicted molar refractivity (Wildman–Crippen MR) is 116 cm³/mol. The molecule has 1 saturated heterocycles. The second-order valence-corrected chi connectivity index (χ2v) is 7.97. The molecule has 0 saturated carbocycles. The van der Waals surface area contributed by atoms with Crippen LogP contribution in [0, 0.1) is 6.92 Å². The normalized spacial score (nSPS) is 16.8. The lowest BCUT2D eigenvalue weighted by Crippen LogP contribution is -2.38. The van der Waals surface area contributed by atoms with Crippen LogP contribution in [0.4, 0.5) is 0 Å². The molecule has 1 fully saturated rings. The van der Waals surface area contributed by atoms with Crippen molar-refractivity contribution in [3.05, 3.63) is 82.5 Å². The summed E-state index contributed by atoms with van der Waals surface area (Å²) in [5.74, 6) is 0.786. The van der Waals surface area contributed by atoms with Gasteiger partial charge in [-0.05, 0) is 43.2 Å². The summed E-state index contributed by atoms with van der Waals surface area (Å²) in [4.78, 5) is 34.1. The van der Waals surface area contributed by atoms with Crippen molar-refractivity contribution >= 4 is 23.4 Å². The van der Waals surface area contributed by atoms with Gasteiger partial charge in [-0.1, -0.05) is 47.1 Å². The Balaban J connectivity index is 1.55. The number of carbonyl (C=O) groups is 2. The van der Waals surface area contributed by atoms with Gasteiger partial charge in [0.2, 0.25) is 11.8 Å². The van der Waals surface area contributed by atoms with Crippen molar-refractivity contribution < 1.29 is 14.1 Å². The summed E-state index contributed by atoms with van der Waals surface area (Å²) in [6.45, 7) is 3.04. The third kappa shape index (κ3) is 4.94. The first-order valence-corrected chi connectivity index (χ1v) is 10.6. The zero-order chi connectivity index (χ0) is 21.8. The number of hydrogen-bond acceptors (Lipinski definition) is 5. The minimum atomic E-state index is -0.391. The molecule has 7 nitrogen and oxygen atoms in total. The van der Waals surface area contributed by atoms with Crippen LogP contribution in [0.1, 0.15) is 40.1 Å². The molecule has 3 aromatic rings.